The summed E-state index contributed by atoms with van der Waals surface area (Å²) < 4.78 is 18.0. The number of carbonyl (C=O) groups excluding carboxylic acids is 3. The molecule has 24 heavy (non-hydrogen) atoms. The average Bonchev–Trinajstić information content (AvgIpc) is 2.57. The monoisotopic (exact) mass is 328 g/mol. The molecule has 2 aromatic rings. The fourth-order valence-electron chi connectivity index (χ4n) is 2.33. The quantitative estimate of drug-likeness (QED) is 0.445. The van der Waals surface area contributed by atoms with E-state index in [2.05, 4.69) is 0 Å². The number of Topliss-reactive ketones (excluding diaryl/α,β-unsaturated/α-hetero) is 3. The van der Waals surface area contributed by atoms with Crippen molar-refractivity contribution in [1.29, 1.82) is 0 Å². The number of rotatable bonds is 7. The third-order valence-electron chi connectivity index (χ3n) is 3.77. The minimum absolute atomic E-state index is 0.0848. The van der Waals surface area contributed by atoms with E-state index in [4.69, 9.17) is 4.74 Å². The van der Waals surface area contributed by atoms with Crippen LogP contribution in [0.2, 0.25) is 0 Å². The van der Waals surface area contributed by atoms with Gasteiger partial charge in [-0.25, -0.2) is 4.39 Å². The Morgan fingerprint density at radius 1 is 1.00 bits per heavy atom. The molecule has 124 valence electrons. The van der Waals surface area contributed by atoms with E-state index in [1.165, 1.54) is 19.2 Å². The smallest absolute Gasteiger partial charge is 0.206 e. The fourth-order valence-corrected chi connectivity index (χ4v) is 2.33. The molecule has 0 unspecified atom stereocenters. The highest BCUT2D eigenvalue weighted by Gasteiger charge is 2.20. The standard InChI is InChI=1S/C19H17FO4/c1-12-14(4-3-5-19(12)24-2)10-17(22)18(23)11-16(21)13-6-8-15(20)9-7-13/h3-9H,10-11H2,1-2H3. The Labute approximate surface area is 139 Å². The van der Waals surface area contributed by atoms with Crippen LogP contribution in [0, 0.1) is 12.7 Å². The Morgan fingerprint density at radius 2 is 1.67 bits per heavy atom. The van der Waals surface area contributed by atoms with E-state index in [0.29, 0.717) is 11.3 Å². The van der Waals surface area contributed by atoms with Crippen molar-refractivity contribution in [3.8, 4) is 5.75 Å². The zero-order valence-corrected chi connectivity index (χ0v) is 13.5. The van der Waals surface area contributed by atoms with Crippen LogP contribution in [0.3, 0.4) is 0 Å². The van der Waals surface area contributed by atoms with E-state index in [0.717, 1.165) is 17.7 Å². The van der Waals surface area contributed by atoms with Crippen LogP contribution in [0.1, 0.15) is 27.9 Å². The summed E-state index contributed by atoms with van der Waals surface area (Å²) in [4.78, 5) is 36.0. The Hall–Kier alpha value is -2.82. The molecule has 0 aromatic heterocycles. The molecule has 2 aromatic carbocycles. The summed E-state index contributed by atoms with van der Waals surface area (Å²) in [5.74, 6) is -1.73. The van der Waals surface area contributed by atoms with E-state index >= 15 is 0 Å². The van der Waals surface area contributed by atoms with Gasteiger partial charge in [-0.2, -0.15) is 0 Å². The first-order valence-electron chi connectivity index (χ1n) is 7.39. The van der Waals surface area contributed by atoms with Crippen molar-refractivity contribution in [2.75, 3.05) is 7.11 Å². The topological polar surface area (TPSA) is 60.4 Å². The molecule has 0 atom stereocenters. The minimum atomic E-state index is -0.758. The van der Waals surface area contributed by atoms with Crippen molar-refractivity contribution in [1.82, 2.24) is 0 Å². The number of ketones is 3. The summed E-state index contributed by atoms with van der Waals surface area (Å²) >= 11 is 0. The lowest BCUT2D eigenvalue weighted by molar-refractivity contribution is -0.135. The number of methoxy groups -OCH3 is 1. The number of hydrogen-bond donors (Lipinski definition) is 0. The molecule has 0 aliphatic carbocycles. The Kier molecular flexibility index (Phi) is 5.58. The number of carbonyl (C=O) groups is 3. The first-order valence-corrected chi connectivity index (χ1v) is 7.39. The lowest BCUT2D eigenvalue weighted by Gasteiger charge is -2.09. The molecule has 5 heteroatoms. The number of ether oxygens (including phenoxy) is 1. The molecule has 0 N–H and O–H groups in total. The predicted molar refractivity (Wildman–Crippen MR) is 86.8 cm³/mol. The van der Waals surface area contributed by atoms with Gasteiger partial charge in [0.05, 0.1) is 13.5 Å². The molecule has 4 nitrogen and oxygen atoms in total. The van der Waals surface area contributed by atoms with Gasteiger partial charge in [-0.05, 0) is 48.4 Å². The van der Waals surface area contributed by atoms with E-state index < -0.39 is 29.6 Å². The Bertz CT molecular complexity index is 778. The van der Waals surface area contributed by atoms with Gasteiger partial charge in [0.15, 0.2) is 5.78 Å². The first kappa shape index (κ1) is 17.5. The normalized spacial score (nSPS) is 10.3. The van der Waals surface area contributed by atoms with Crippen LogP contribution in [-0.4, -0.2) is 24.5 Å². The average molecular weight is 328 g/mol. The van der Waals surface area contributed by atoms with Crippen LogP contribution in [0.4, 0.5) is 4.39 Å². The maximum atomic E-state index is 12.8. The summed E-state index contributed by atoms with van der Waals surface area (Å²) in [7, 11) is 1.53. The number of benzene rings is 2. The molecule has 0 fully saturated rings. The molecule has 0 bridgehead atoms. The second kappa shape index (κ2) is 7.64. The lowest BCUT2D eigenvalue weighted by Crippen LogP contribution is -2.20. The van der Waals surface area contributed by atoms with Crippen LogP contribution >= 0.6 is 0 Å². The number of halogens is 1. The van der Waals surface area contributed by atoms with Crippen LogP contribution in [0.15, 0.2) is 42.5 Å². The molecular weight excluding hydrogens is 311 g/mol. The third kappa shape index (κ3) is 4.13. The van der Waals surface area contributed by atoms with Crippen LogP contribution in [0.25, 0.3) is 0 Å². The highest BCUT2D eigenvalue weighted by molar-refractivity contribution is 6.41. The van der Waals surface area contributed by atoms with Crippen molar-refractivity contribution < 1.29 is 23.5 Å². The summed E-state index contributed by atoms with van der Waals surface area (Å²) in [6.07, 6.45) is -0.605. The zero-order valence-electron chi connectivity index (χ0n) is 13.5. The van der Waals surface area contributed by atoms with Gasteiger partial charge in [0, 0.05) is 12.0 Å². The van der Waals surface area contributed by atoms with Gasteiger partial charge in [-0.3, -0.25) is 14.4 Å². The maximum absolute atomic E-state index is 12.8. The lowest BCUT2D eigenvalue weighted by atomic mass is 9.98. The summed E-state index contributed by atoms with van der Waals surface area (Å²) in [6, 6.07) is 10.1. The van der Waals surface area contributed by atoms with Gasteiger partial charge < -0.3 is 4.74 Å². The Morgan fingerprint density at radius 3 is 2.29 bits per heavy atom. The summed E-state index contributed by atoms with van der Waals surface area (Å²) in [6.45, 7) is 1.80. The summed E-state index contributed by atoms with van der Waals surface area (Å²) in [5, 5.41) is 0. The molecule has 0 saturated heterocycles. The van der Waals surface area contributed by atoms with Crippen molar-refractivity contribution in [2.24, 2.45) is 0 Å². The van der Waals surface area contributed by atoms with Crippen molar-refractivity contribution >= 4 is 17.3 Å². The van der Waals surface area contributed by atoms with E-state index in [1.54, 1.807) is 25.1 Å². The Balaban J connectivity index is 2.03. The second-order valence-corrected chi connectivity index (χ2v) is 5.37. The van der Waals surface area contributed by atoms with Crippen molar-refractivity contribution in [2.45, 2.75) is 19.8 Å². The predicted octanol–water partition coefficient (Wildman–Crippen LogP) is 3.10. The molecule has 0 aliphatic heterocycles. The van der Waals surface area contributed by atoms with Crippen LogP contribution in [0.5, 0.6) is 5.75 Å². The van der Waals surface area contributed by atoms with E-state index in [9.17, 15) is 18.8 Å². The summed E-state index contributed by atoms with van der Waals surface area (Å²) in [5.41, 5.74) is 1.67. The molecule has 2 rings (SSSR count). The minimum Gasteiger partial charge on any atom is -0.496 e. The van der Waals surface area contributed by atoms with Crippen molar-refractivity contribution in [3.63, 3.8) is 0 Å². The van der Waals surface area contributed by atoms with Gasteiger partial charge in [-0.15, -0.1) is 0 Å². The van der Waals surface area contributed by atoms with Crippen molar-refractivity contribution in [3.05, 3.63) is 65.0 Å². The SMILES string of the molecule is COc1cccc(CC(=O)C(=O)CC(=O)c2ccc(F)cc2)c1C. The maximum Gasteiger partial charge on any atom is 0.206 e. The molecule has 0 spiro atoms. The fraction of sp³-hybridized carbons (Fsp3) is 0.211. The molecular formula is C19H17FO4. The highest BCUT2D eigenvalue weighted by Crippen LogP contribution is 2.21. The van der Waals surface area contributed by atoms with Gasteiger partial charge >= 0.3 is 0 Å². The van der Waals surface area contributed by atoms with Crippen LogP contribution in [-0.2, 0) is 16.0 Å². The first-order chi connectivity index (χ1) is 11.4. The zero-order chi connectivity index (χ0) is 17.7. The second-order valence-electron chi connectivity index (χ2n) is 5.37. The largest absolute Gasteiger partial charge is 0.496 e. The van der Waals surface area contributed by atoms with Gasteiger partial charge in [-0.1, -0.05) is 12.1 Å². The molecule has 0 radical (unpaired) electrons. The number of hydrogen-bond acceptors (Lipinski definition) is 4. The molecule has 0 heterocycles. The van der Waals surface area contributed by atoms with Crippen LogP contribution < -0.4 is 4.74 Å². The molecule has 0 saturated carbocycles. The van der Waals surface area contributed by atoms with Gasteiger partial charge in [0.2, 0.25) is 11.6 Å². The third-order valence-corrected chi connectivity index (χ3v) is 3.77. The van der Waals surface area contributed by atoms with E-state index in [-0.39, 0.29) is 12.0 Å². The van der Waals surface area contributed by atoms with E-state index in [1.807, 2.05) is 0 Å². The highest BCUT2D eigenvalue weighted by atomic mass is 19.1. The van der Waals surface area contributed by atoms with Gasteiger partial charge in [0.25, 0.3) is 0 Å². The molecule has 0 amide bonds. The molecule has 0 aliphatic rings. The van der Waals surface area contributed by atoms with Gasteiger partial charge in [0.1, 0.15) is 11.6 Å².